The van der Waals surface area contributed by atoms with Gasteiger partial charge in [0.25, 0.3) is 0 Å². The Kier molecular flexibility index (Phi) is 5.28. The van der Waals surface area contributed by atoms with Gasteiger partial charge in [0, 0.05) is 30.6 Å². The second-order valence-electron chi connectivity index (χ2n) is 7.01. The topological polar surface area (TPSA) is 58.1 Å². The molecular formula is C22H24N4O. The Hall–Kier alpha value is -2.95. The Morgan fingerprint density at radius 1 is 1.00 bits per heavy atom. The molecule has 138 valence electrons. The van der Waals surface area contributed by atoms with E-state index in [9.17, 15) is 4.79 Å². The third-order valence-corrected chi connectivity index (χ3v) is 5.04. The van der Waals surface area contributed by atoms with Crippen LogP contribution in [0.15, 0.2) is 54.9 Å². The number of benzene rings is 2. The fourth-order valence-corrected chi connectivity index (χ4v) is 3.60. The zero-order valence-electron chi connectivity index (χ0n) is 15.4. The van der Waals surface area contributed by atoms with Crippen molar-refractivity contribution in [3.63, 3.8) is 0 Å². The van der Waals surface area contributed by atoms with Gasteiger partial charge >= 0.3 is 0 Å². The van der Waals surface area contributed by atoms with E-state index in [1.165, 1.54) is 24.8 Å². The smallest absolute Gasteiger partial charge is 0.224 e. The number of hydrogen-bond donors (Lipinski definition) is 1. The molecule has 27 heavy (non-hydrogen) atoms. The summed E-state index contributed by atoms with van der Waals surface area (Å²) in [6.07, 6.45) is 6.50. The van der Waals surface area contributed by atoms with Crippen LogP contribution in [0.2, 0.25) is 0 Å². The van der Waals surface area contributed by atoms with Gasteiger partial charge in [0.05, 0.1) is 5.52 Å². The summed E-state index contributed by atoms with van der Waals surface area (Å²) in [5.74, 6) is 0.995. The van der Waals surface area contributed by atoms with Crippen molar-refractivity contribution < 1.29 is 4.79 Å². The molecule has 0 saturated carbocycles. The van der Waals surface area contributed by atoms with Gasteiger partial charge in [0.15, 0.2) is 0 Å². The minimum absolute atomic E-state index is 0.0228. The van der Waals surface area contributed by atoms with E-state index in [2.05, 4.69) is 20.2 Å². The van der Waals surface area contributed by atoms with Gasteiger partial charge in [-0.1, -0.05) is 30.3 Å². The third-order valence-electron chi connectivity index (χ3n) is 5.04. The summed E-state index contributed by atoms with van der Waals surface area (Å²) in [4.78, 5) is 23.6. The van der Waals surface area contributed by atoms with E-state index in [-0.39, 0.29) is 5.91 Å². The molecule has 1 N–H and O–H groups in total. The number of amides is 1. The lowest BCUT2D eigenvalue weighted by Crippen LogP contribution is -2.30. The summed E-state index contributed by atoms with van der Waals surface area (Å²) in [6.45, 7) is 2.06. The van der Waals surface area contributed by atoms with E-state index in [4.69, 9.17) is 0 Å². The van der Waals surface area contributed by atoms with Crippen molar-refractivity contribution in [2.45, 2.75) is 32.1 Å². The maximum absolute atomic E-state index is 12.4. The number of nitrogens with zero attached hydrogens (tertiary/aromatic N) is 3. The van der Waals surface area contributed by atoms with Crippen LogP contribution < -0.4 is 10.2 Å². The van der Waals surface area contributed by atoms with Crippen molar-refractivity contribution in [1.29, 1.82) is 0 Å². The van der Waals surface area contributed by atoms with Crippen molar-refractivity contribution in [2.75, 3.05) is 23.3 Å². The first-order chi connectivity index (χ1) is 13.3. The molecule has 1 saturated heterocycles. The number of fused-ring (bicyclic) bond motifs is 1. The highest BCUT2D eigenvalue weighted by molar-refractivity contribution is 5.96. The number of anilines is 2. The standard InChI is InChI=1S/C22H24N4O/c27-21(12-9-17-7-3-1-4-8-17)25-18-10-11-20-19(15-18)22(24-16-23-20)26-13-5-2-6-14-26/h1,3-4,7-8,10-11,15-16H,2,5-6,9,12-14H2,(H,25,27). The van der Waals surface area contributed by atoms with E-state index in [0.29, 0.717) is 6.42 Å². The molecular weight excluding hydrogens is 336 g/mol. The summed E-state index contributed by atoms with van der Waals surface area (Å²) >= 11 is 0. The van der Waals surface area contributed by atoms with Gasteiger partial charge in [0.1, 0.15) is 12.1 Å². The minimum atomic E-state index is 0.0228. The fraction of sp³-hybridized carbons (Fsp3) is 0.318. The monoisotopic (exact) mass is 360 g/mol. The minimum Gasteiger partial charge on any atom is -0.356 e. The first-order valence-corrected chi connectivity index (χ1v) is 9.63. The van der Waals surface area contributed by atoms with Gasteiger partial charge in [-0.05, 0) is 49.4 Å². The van der Waals surface area contributed by atoms with Gasteiger partial charge < -0.3 is 10.2 Å². The Morgan fingerprint density at radius 3 is 2.63 bits per heavy atom. The van der Waals surface area contributed by atoms with Gasteiger partial charge in [-0.3, -0.25) is 4.79 Å². The molecule has 4 rings (SSSR count). The largest absolute Gasteiger partial charge is 0.356 e. The summed E-state index contributed by atoms with van der Waals surface area (Å²) < 4.78 is 0. The molecule has 0 atom stereocenters. The highest BCUT2D eigenvalue weighted by atomic mass is 16.1. The highest BCUT2D eigenvalue weighted by Gasteiger charge is 2.16. The number of aryl methyl sites for hydroxylation is 1. The lowest BCUT2D eigenvalue weighted by atomic mass is 10.1. The van der Waals surface area contributed by atoms with Gasteiger partial charge in [-0.25, -0.2) is 9.97 Å². The fourth-order valence-electron chi connectivity index (χ4n) is 3.60. The molecule has 0 aliphatic carbocycles. The van der Waals surface area contributed by atoms with Crippen LogP contribution in [0.1, 0.15) is 31.2 Å². The van der Waals surface area contributed by atoms with Crippen molar-refractivity contribution in [1.82, 2.24) is 9.97 Å². The van der Waals surface area contributed by atoms with Gasteiger partial charge in [-0.2, -0.15) is 0 Å². The normalized spacial score (nSPS) is 14.3. The Bertz CT molecular complexity index is 920. The molecule has 3 aromatic rings. The average Bonchev–Trinajstić information content (AvgIpc) is 2.73. The lowest BCUT2D eigenvalue weighted by Gasteiger charge is -2.28. The van der Waals surface area contributed by atoms with Crippen LogP contribution in [0, 0.1) is 0 Å². The Morgan fingerprint density at radius 2 is 1.81 bits per heavy atom. The van der Waals surface area contributed by atoms with Crippen LogP contribution in [-0.2, 0) is 11.2 Å². The second kappa shape index (κ2) is 8.16. The number of carbonyl (C=O) groups is 1. The summed E-state index contributed by atoms with van der Waals surface area (Å²) in [7, 11) is 0. The maximum atomic E-state index is 12.4. The van der Waals surface area contributed by atoms with E-state index < -0.39 is 0 Å². The number of piperidine rings is 1. The molecule has 2 aromatic carbocycles. The summed E-state index contributed by atoms with van der Waals surface area (Å²) in [5, 5.41) is 4.02. The van der Waals surface area contributed by atoms with Crippen molar-refractivity contribution in [3.05, 3.63) is 60.4 Å². The van der Waals surface area contributed by atoms with Gasteiger partial charge in [0.2, 0.25) is 5.91 Å². The Balaban J connectivity index is 1.49. The third kappa shape index (κ3) is 4.25. The first kappa shape index (κ1) is 17.5. The molecule has 1 aromatic heterocycles. The number of nitrogens with one attached hydrogen (secondary N) is 1. The summed E-state index contributed by atoms with van der Waals surface area (Å²) in [5.41, 5.74) is 2.88. The number of rotatable bonds is 5. The van der Waals surface area contributed by atoms with E-state index in [1.54, 1.807) is 6.33 Å². The number of hydrogen-bond acceptors (Lipinski definition) is 4. The van der Waals surface area contributed by atoms with Crippen molar-refractivity contribution >= 4 is 28.3 Å². The molecule has 2 heterocycles. The van der Waals surface area contributed by atoms with Gasteiger partial charge in [-0.15, -0.1) is 0 Å². The van der Waals surface area contributed by atoms with E-state index in [0.717, 1.165) is 41.9 Å². The molecule has 5 heteroatoms. The molecule has 0 radical (unpaired) electrons. The van der Waals surface area contributed by atoms with Crippen LogP contribution in [0.5, 0.6) is 0 Å². The van der Waals surface area contributed by atoms with Crippen molar-refractivity contribution in [3.8, 4) is 0 Å². The van der Waals surface area contributed by atoms with E-state index >= 15 is 0 Å². The molecule has 1 aliphatic heterocycles. The molecule has 0 unspecified atom stereocenters. The Labute approximate surface area is 159 Å². The quantitative estimate of drug-likeness (QED) is 0.741. The summed E-state index contributed by atoms with van der Waals surface area (Å²) in [6, 6.07) is 15.9. The average molecular weight is 360 g/mol. The van der Waals surface area contributed by atoms with E-state index in [1.807, 2.05) is 48.5 Å². The molecule has 1 amide bonds. The van der Waals surface area contributed by atoms with Crippen molar-refractivity contribution in [2.24, 2.45) is 0 Å². The van der Waals surface area contributed by atoms with Crippen LogP contribution in [0.25, 0.3) is 10.9 Å². The molecule has 0 spiro atoms. The second-order valence-corrected chi connectivity index (χ2v) is 7.01. The van der Waals surface area contributed by atoms with Crippen LogP contribution in [0.4, 0.5) is 11.5 Å². The molecule has 1 aliphatic rings. The molecule has 0 bridgehead atoms. The van der Waals surface area contributed by atoms with Crippen LogP contribution in [0.3, 0.4) is 0 Å². The van der Waals surface area contributed by atoms with Crippen LogP contribution >= 0.6 is 0 Å². The molecule has 5 nitrogen and oxygen atoms in total. The first-order valence-electron chi connectivity index (χ1n) is 9.63. The number of aromatic nitrogens is 2. The predicted molar refractivity (Wildman–Crippen MR) is 109 cm³/mol. The maximum Gasteiger partial charge on any atom is 0.224 e. The number of carbonyl (C=O) groups excluding carboxylic acids is 1. The highest BCUT2D eigenvalue weighted by Crippen LogP contribution is 2.28. The molecule has 1 fully saturated rings. The SMILES string of the molecule is O=C(CCc1ccccc1)Nc1ccc2ncnc(N3CCCCC3)c2c1. The predicted octanol–water partition coefficient (Wildman–Crippen LogP) is 4.19. The van der Waals surface area contributed by atoms with Crippen LogP contribution in [-0.4, -0.2) is 29.0 Å². The zero-order valence-corrected chi connectivity index (χ0v) is 15.4. The lowest BCUT2D eigenvalue weighted by molar-refractivity contribution is -0.116. The zero-order chi connectivity index (χ0) is 18.5.